The van der Waals surface area contributed by atoms with Crippen molar-refractivity contribution in [1.29, 1.82) is 0 Å². The Hall–Kier alpha value is -2.80. The highest BCUT2D eigenvalue weighted by Gasteiger charge is 2.23. The minimum absolute atomic E-state index is 0.0401. The molecule has 7 heteroatoms. The molecule has 1 unspecified atom stereocenters. The van der Waals surface area contributed by atoms with Crippen LogP contribution in [0, 0.1) is 6.92 Å². The van der Waals surface area contributed by atoms with Gasteiger partial charge in [-0.2, -0.15) is 11.8 Å². The molecule has 0 bridgehead atoms. The van der Waals surface area contributed by atoms with Crippen molar-refractivity contribution < 1.29 is 24.2 Å². The van der Waals surface area contributed by atoms with Gasteiger partial charge >= 0.3 is 12.1 Å². The third-order valence-electron chi connectivity index (χ3n) is 4.07. The second kappa shape index (κ2) is 10.3. The summed E-state index contributed by atoms with van der Waals surface area (Å²) in [6, 6.07) is 13.6. The summed E-state index contributed by atoms with van der Waals surface area (Å²) in [5.74, 6) is -0.411. The molecule has 0 fully saturated rings. The first-order valence-corrected chi connectivity index (χ1v) is 10.7. The minimum Gasteiger partial charge on any atom is -0.480 e. The molecule has 2 aromatic rings. The largest absolute Gasteiger partial charge is 0.480 e. The van der Waals surface area contributed by atoms with Gasteiger partial charge in [0, 0.05) is 22.6 Å². The monoisotopic (exact) mass is 429 g/mol. The van der Waals surface area contributed by atoms with Crippen LogP contribution in [-0.4, -0.2) is 40.3 Å². The number of benzene rings is 2. The van der Waals surface area contributed by atoms with Crippen molar-refractivity contribution in [2.45, 2.75) is 45.1 Å². The van der Waals surface area contributed by atoms with E-state index >= 15 is 0 Å². The molecule has 0 radical (unpaired) electrons. The van der Waals surface area contributed by atoms with E-state index in [2.05, 4.69) is 5.32 Å². The topological polar surface area (TPSA) is 92.7 Å². The van der Waals surface area contributed by atoms with Gasteiger partial charge in [-0.05, 0) is 33.3 Å². The van der Waals surface area contributed by atoms with Crippen LogP contribution >= 0.6 is 11.8 Å². The van der Waals surface area contributed by atoms with Crippen LogP contribution in [0.2, 0.25) is 0 Å². The van der Waals surface area contributed by atoms with Gasteiger partial charge in [-0.1, -0.05) is 54.1 Å². The summed E-state index contributed by atoms with van der Waals surface area (Å²) in [5, 5.41) is 11.7. The van der Waals surface area contributed by atoms with E-state index in [0.717, 1.165) is 11.1 Å². The second-order valence-electron chi connectivity index (χ2n) is 7.94. The fraction of sp³-hybridized carbons (Fsp3) is 0.348. The van der Waals surface area contributed by atoms with Gasteiger partial charge < -0.3 is 15.2 Å². The molecule has 0 aromatic heterocycles. The Balaban J connectivity index is 1.89. The van der Waals surface area contributed by atoms with Gasteiger partial charge in [0.15, 0.2) is 5.78 Å². The van der Waals surface area contributed by atoms with Crippen LogP contribution in [0.5, 0.6) is 0 Å². The Morgan fingerprint density at radius 3 is 2.03 bits per heavy atom. The Morgan fingerprint density at radius 1 is 1.00 bits per heavy atom. The molecule has 0 aliphatic heterocycles. The lowest BCUT2D eigenvalue weighted by atomic mass is 10.0. The molecule has 1 amide bonds. The van der Waals surface area contributed by atoms with Gasteiger partial charge in [-0.25, -0.2) is 9.59 Å². The van der Waals surface area contributed by atoms with Crippen LogP contribution < -0.4 is 5.32 Å². The number of thioether (sulfide) groups is 1. The van der Waals surface area contributed by atoms with Crippen LogP contribution in [0.25, 0.3) is 0 Å². The van der Waals surface area contributed by atoms with Crippen molar-refractivity contribution >= 4 is 29.6 Å². The summed E-state index contributed by atoms with van der Waals surface area (Å²) in [4.78, 5) is 35.7. The van der Waals surface area contributed by atoms with Gasteiger partial charge in [0.25, 0.3) is 0 Å². The molecule has 2 N–H and O–H groups in total. The number of aliphatic carboxylic acids is 1. The fourth-order valence-electron chi connectivity index (χ4n) is 2.54. The number of hydrogen-bond acceptors (Lipinski definition) is 5. The van der Waals surface area contributed by atoms with E-state index in [1.807, 2.05) is 43.3 Å². The van der Waals surface area contributed by atoms with Crippen LogP contribution in [0.15, 0.2) is 48.5 Å². The van der Waals surface area contributed by atoms with Gasteiger partial charge in [0.05, 0.1) is 0 Å². The van der Waals surface area contributed by atoms with E-state index < -0.39 is 23.7 Å². The van der Waals surface area contributed by atoms with E-state index in [9.17, 15) is 19.5 Å². The number of aryl methyl sites for hydroxylation is 1. The van der Waals surface area contributed by atoms with Crippen LogP contribution in [-0.2, 0) is 15.3 Å². The lowest BCUT2D eigenvalue weighted by Crippen LogP contribution is -2.44. The van der Waals surface area contributed by atoms with Gasteiger partial charge in [-0.3, -0.25) is 4.79 Å². The third-order valence-corrected chi connectivity index (χ3v) is 5.18. The molecule has 0 heterocycles. The molecule has 0 saturated heterocycles. The molecule has 0 aliphatic carbocycles. The Bertz CT molecular complexity index is 885. The minimum atomic E-state index is -1.12. The van der Waals surface area contributed by atoms with E-state index in [0.29, 0.717) is 16.9 Å². The van der Waals surface area contributed by atoms with Gasteiger partial charge in [0.2, 0.25) is 0 Å². The average molecular weight is 430 g/mol. The van der Waals surface area contributed by atoms with Crippen molar-refractivity contribution in [2.24, 2.45) is 0 Å². The van der Waals surface area contributed by atoms with Crippen LogP contribution in [0.3, 0.4) is 0 Å². The number of carbonyl (C=O) groups excluding carboxylic acids is 2. The summed E-state index contributed by atoms with van der Waals surface area (Å²) in [6.07, 6.45) is -0.755. The zero-order chi connectivity index (χ0) is 22.3. The summed E-state index contributed by atoms with van der Waals surface area (Å²) in [6.45, 7) is 7.11. The van der Waals surface area contributed by atoms with Crippen molar-refractivity contribution in [3.05, 3.63) is 70.8 Å². The molecule has 6 nitrogen and oxygen atoms in total. The predicted octanol–water partition coefficient (Wildman–Crippen LogP) is 4.44. The molecule has 1 atom stereocenters. The van der Waals surface area contributed by atoms with E-state index in [4.69, 9.17) is 4.74 Å². The molecule has 2 aromatic carbocycles. The number of ether oxygens (including phenoxy) is 1. The van der Waals surface area contributed by atoms with Crippen molar-refractivity contribution in [3.63, 3.8) is 0 Å². The number of carboxylic acids is 1. The lowest BCUT2D eigenvalue weighted by Gasteiger charge is -2.21. The molecule has 30 heavy (non-hydrogen) atoms. The molecule has 0 aliphatic rings. The smallest absolute Gasteiger partial charge is 0.408 e. The summed E-state index contributed by atoms with van der Waals surface area (Å²) >= 11 is 1.38. The molecule has 0 spiro atoms. The SMILES string of the molecule is Cc1ccc(C(=O)c2ccc(CSCC(NC(=O)OC(C)(C)C)C(=O)O)cc2)cc1. The lowest BCUT2D eigenvalue weighted by molar-refractivity contribution is -0.138. The molecule has 2 rings (SSSR count). The normalized spacial score (nSPS) is 12.1. The zero-order valence-corrected chi connectivity index (χ0v) is 18.4. The molecular weight excluding hydrogens is 402 g/mol. The Morgan fingerprint density at radius 2 is 1.53 bits per heavy atom. The molecular formula is C23H27NO5S. The highest BCUT2D eigenvalue weighted by Crippen LogP contribution is 2.17. The molecule has 0 saturated carbocycles. The molecule has 160 valence electrons. The quantitative estimate of drug-likeness (QED) is 0.603. The standard InChI is InChI=1S/C23H27NO5S/c1-15-5-9-17(10-6-15)20(25)18-11-7-16(8-12-18)13-30-14-19(21(26)27)24-22(28)29-23(2,3)4/h5-12,19H,13-14H2,1-4H3,(H,24,28)(H,26,27). The van der Waals surface area contributed by atoms with Crippen molar-refractivity contribution in [2.75, 3.05) is 5.75 Å². The first-order chi connectivity index (χ1) is 14.0. The maximum absolute atomic E-state index is 12.5. The number of carboxylic acid groups (broad SMARTS) is 1. The Labute approximate surface area is 181 Å². The number of amides is 1. The highest BCUT2D eigenvalue weighted by atomic mass is 32.2. The number of rotatable bonds is 8. The Kier molecular flexibility index (Phi) is 8.06. The number of carbonyl (C=O) groups is 3. The van der Waals surface area contributed by atoms with Gasteiger partial charge in [-0.15, -0.1) is 0 Å². The number of nitrogens with one attached hydrogen (secondary N) is 1. The first-order valence-electron chi connectivity index (χ1n) is 9.55. The van der Waals surface area contributed by atoms with E-state index in [1.54, 1.807) is 32.9 Å². The second-order valence-corrected chi connectivity index (χ2v) is 8.97. The van der Waals surface area contributed by atoms with Crippen molar-refractivity contribution in [3.8, 4) is 0 Å². The summed E-state index contributed by atoms with van der Waals surface area (Å²) in [5.41, 5.74) is 2.60. The predicted molar refractivity (Wildman–Crippen MR) is 118 cm³/mol. The van der Waals surface area contributed by atoms with Crippen LogP contribution in [0.1, 0.15) is 47.8 Å². The summed E-state index contributed by atoms with van der Waals surface area (Å²) in [7, 11) is 0. The first kappa shape index (κ1) is 23.5. The number of ketones is 1. The maximum atomic E-state index is 12.5. The average Bonchev–Trinajstić information content (AvgIpc) is 2.66. The highest BCUT2D eigenvalue weighted by molar-refractivity contribution is 7.98. The third kappa shape index (κ3) is 7.55. The van der Waals surface area contributed by atoms with Crippen molar-refractivity contribution in [1.82, 2.24) is 5.32 Å². The summed E-state index contributed by atoms with van der Waals surface area (Å²) < 4.78 is 5.11. The van der Waals surface area contributed by atoms with E-state index in [-0.39, 0.29) is 11.5 Å². The number of hydrogen-bond donors (Lipinski definition) is 2. The fourth-order valence-corrected chi connectivity index (χ4v) is 3.55. The zero-order valence-electron chi connectivity index (χ0n) is 17.6. The van der Waals surface area contributed by atoms with Crippen LogP contribution in [0.4, 0.5) is 4.79 Å². The van der Waals surface area contributed by atoms with Gasteiger partial charge in [0.1, 0.15) is 11.6 Å². The number of alkyl carbamates (subject to hydrolysis) is 1. The van der Waals surface area contributed by atoms with E-state index in [1.165, 1.54) is 11.8 Å². The maximum Gasteiger partial charge on any atom is 0.408 e.